The first-order valence-electron chi connectivity index (χ1n) is 4.83. The smallest absolute Gasteiger partial charge is 0.0931 e. The Morgan fingerprint density at radius 3 is 2.79 bits per heavy atom. The molecule has 14 heavy (non-hydrogen) atoms. The van der Waals surface area contributed by atoms with Gasteiger partial charge in [-0.25, -0.2) is 0 Å². The number of nitrogens with one attached hydrogen (secondary N) is 1. The second-order valence-electron chi connectivity index (χ2n) is 4.01. The van der Waals surface area contributed by atoms with Gasteiger partial charge in [0.25, 0.3) is 0 Å². The molecule has 78 valence electrons. The van der Waals surface area contributed by atoms with Crippen molar-refractivity contribution in [2.75, 3.05) is 13.6 Å². The van der Waals surface area contributed by atoms with E-state index in [-0.39, 0.29) is 6.04 Å². The number of thiophene rings is 1. The highest BCUT2D eigenvalue weighted by Gasteiger charge is 2.48. The first-order valence-corrected chi connectivity index (χ1v) is 6.03. The number of nitrogens with two attached hydrogens (primary N) is 1. The van der Waals surface area contributed by atoms with Gasteiger partial charge in [0.1, 0.15) is 0 Å². The van der Waals surface area contributed by atoms with E-state index in [0.29, 0.717) is 5.41 Å². The lowest BCUT2D eigenvalue weighted by atomic mass is 9.96. The maximum atomic E-state index is 6.25. The summed E-state index contributed by atoms with van der Waals surface area (Å²) in [5, 5.41) is 3.22. The number of rotatable bonds is 4. The molecule has 0 spiro atoms. The second-order valence-corrected chi connectivity index (χ2v) is 5.76. The zero-order valence-corrected chi connectivity index (χ0v) is 9.79. The fourth-order valence-electron chi connectivity index (χ4n) is 1.91. The molecule has 1 atom stereocenters. The number of hydrogen-bond acceptors (Lipinski definition) is 3. The van der Waals surface area contributed by atoms with Gasteiger partial charge < -0.3 is 11.1 Å². The summed E-state index contributed by atoms with van der Waals surface area (Å²) in [7, 11) is 1.98. The van der Waals surface area contributed by atoms with Gasteiger partial charge in [-0.1, -0.05) is 11.6 Å². The molecule has 2 nitrogen and oxygen atoms in total. The van der Waals surface area contributed by atoms with Crippen molar-refractivity contribution in [2.24, 2.45) is 11.1 Å². The van der Waals surface area contributed by atoms with Crippen LogP contribution >= 0.6 is 22.9 Å². The summed E-state index contributed by atoms with van der Waals surface area (Å²) >= 11 is 7.50. The molecule has 1 saturated carbocycles. The molecular formula is C10H15ClN2S. The lowest BCUT2D eigenvalue weighted by molar-refractivity contribution is 0.397. The molecule has 1 heterocycles. The van der Waals surface area contributed by atoms with Gasteiger partial charge >= 0.3 is 0 Å². The van der Waals surface area contributed by atoms with E-state index in [0.717, 1.165) is 10.9 Å². The van der Waals surface area contributed by atoms with Crippen molar-refractivity contribution >= 4 is 22.9 Å². The van der Waals surface area contributed by atoms with Crippen LogP contribution in [-0.4, -0.2) is 13.6 Å². The van der Waals surface area contributed by atoms with Gasteiger partial charge in [0.15, 0.2) is 0 Å². The zero-order valence-electron chi connectivity index (χ0n) is 8.22. The average molecular weight is 231 g/mol. The quantitative estimate of drug-likeness (QED) is 0.834. The Kier molecular flexibility index (Phi) is 2.84. The summed E-state index contributed by atoms with van der Waals surface area (Å²) < 4.78 is 0.829. The van der Waals surface area contributed by atoms with Crippen LogP contribution in [0.4, 0.5) is 0 Å². The topological polar surface area (TPSA) is 38.0 Å². The van der Waals surface area contributed by atoms with E-state index in [9.17, 15) is 0 Å². The minimum Gasteiger partial charge on any atom is -0.323 e. The van der Waals surface area contributed by atoms with Crippen molar-refractivity contribution in [1.82, 2.24) is 5.32 Å². The molecule has 3 N–H and O–H groups in total. The summed E-state index contributed by atoms with van der Waals surface area (Å²) in [6.45, 7) is 1.00. The summed E-state index contributed by atoms with van der Waals surface area (Å²) in [6.07, 6.45) is 2.45. The van der Waals surface area contributed by atoms with Crippen LogP contribution in [0.1, 0.15) is 23.8 Å². The molecule has 1 aromatic rings. The Balaban J connectivity index is 2.11. The molecule has 2 rings (SSSR count). The third-order valence-electron chi connectivity index (χ3n) is 2.98. The molecule has 1 aliphatic rings. The fraction of sp³-hybridized carbons (Fsp3) is 0.600. The van der Waals surface area contributed by atoms with Crippen LogP contribution in [0.25, 0.3) is 0 Å². The van der Waals surface area contributed by atoms with E-state index >= 15 is 0 Å². The minimum absolute atomic E-state index is 0.146. The molecular weight excluding hydrogens is 216 g/mol. The monoisotopic (exact) mass is 230 g/mol. The molecule has 1 fully saturated rings. The van der Waals surface area contributed by atoms with Crippen LogP contribution in [0.2, 0.25) is 4.34 Å². The Hall–Kier alpha value is -0.0900. The van der Waals surface area contributed by atoms with Crippen molar-refractivity contribution in [3.05, 3.63) is 21.3 Å². The van der Waals surface area contributed by atoms with E-state index < -0.39 is 0 Å². The van der Waals surface area contributed by atoms with Crippen LogP contribution in [-0.2, 0) is 0 Å². The van der Waals surface area contributed by atoms with Crippen LogP contribution < -0.4 is 11.1 Å². The highest BCUT2D eigenvalue weighted by atomic mass is 35.5. The molecule has 0 bridgehead atoms. The van der Waals surface area contributed by atoms with Gasteiger partial charge in [-0.05, 0) is 32.0 Å². The minimum atomic E-state index is 0.146. The van der Waals surface area contributed by atoms with Crippen molar-refractivity contribution < 1.29 is 0 Å². The summed E-state index contributed by atoms with van der Waals surface area (Å²) in [5.41, 5.74) is 6.54. The van der Waals surface area contributed by atoms with E-state index in [1.165, 1.54) is 17.7 Å². The summed E-state index contributed by atoms with van der Waals surface area (Å²) in [6, 6.07) is 4.12. The number of hydrogen-bond donors (Lipinski definition) is 2. The van der Waals surface area contributed by atoms with E-state index in [2.05, 4.69) is 5.32 Å². The van der Waals surface area contributed by atoms with Gasteiger partial charge in [-0.2, -0.15) is 0 Å². The Morgan fingerprint density at radius 1 is 1.64 bits per heavy atom. The van der Waals surface area contributed by atoms with Crippen LogP contribution in [0.3, 0.4) is 0 Å². The van der Waals surface area contributed by atoms with Crippen LogP contribution in [0, 0.1) is 5.41 Å². The summed E-state index contributed by atoms with van der Waals surface area (Å²) in [5.74, 6) is 0. The number of halogens is 1. The Morgan fingerprint density at radius 2 is 2.36 bits per heavy atom. The third kappa shape index (κ3) is 1.82. The molecule has 1 aromatic heterocycles. The third-order valence-corrected chi connectivity index (χ3v) is 4.30. The summed E-state index contributed by atoms with van der Waals surface area (Å²) in [4.78, 5) is 1.21. The van der Waals surface area contributed by atoms with Gasteiger partial charge in [0, 0.05) is 22.9 Å². The maximum absolute atomic E-state index is 6.25. The SMILES string of the molecule is CNCC1(C(N)c2ccc(Cl)s2)CC1. The molecule has 0 aromatic carbocycles. The Labute approximate surface area is 93.4 Å². The van der Waals surface area contributed by atoms with Gasteiger partial charge in [0.05, 0.1) is 4.34 Å². The van der Waals surface area contributed by atoms with Crippen molar-refractivity contribution in [3.63, 3.8) is 0 Å². The van der Waals surface area contributed by atoms with E-state index in [1.54, 1.807) is 11.3 Å². The molecule has 0 saturated heterocycles. The highest BCUT2D eigenvalue weighted by molar-refractivity contribution is 7.16. The maximum Gasteiger partial charge on any atom is 0.0931 e. The van der Waals surface area contributed by atoms with Crippen molar-refractivity contribution in [2.45, 2.75) is 18.9 Å². The highest BCUT2D eigenvalue weighted by Crippen LogP contribution is 2.54. The molecule has 1 aliphatic carbocycles. The predicted molar refractivity (Wildman–Crippen MR) is 61.9 cm³/mol. The molecule has 1 unspecified atom stereocenters. The first kappa shape index (κ1) is 10.4. The van der Waals surface area contributed by atoms with E-state index in [1.807, 2.05) is 19.2 Å². The van der Waals surface area contributed by atoms with Gasteiger partial charge in [-0.15, -0.1) is 11.3 Å². The average Bonchev–Trinajstić information content (AvgIpc) is 2.81. The largest absolute Gasteiger partial charge is 0.323 e. The normalized spacial score (nSPS) is 20.8. The van der Waals surface area contributed by atoms with Gasteiger partial charge in [-0.3, -0.25) is 0 Å². The van der Waals surface area contributed by atoms with Gasteiger partial charge in [0.2, 0.25) is 0 Å². The predicted octanol–water partition coefficient (Wildman–Crippen LogP) is 2.40. The van der Waals surface area contributed by atoms with Crippen molar-refractivity contribution in [3.8, 4) is 0 Å². The lowest BCUT2D eigenvalue weighted by Crippen LogP contribution is -2.30. The second kappa shape index (κ2) is 3.81. The van der Waals surface area contributed by atoms with E-state index in [4.69, 9.17) is 17.3 Å². The first-order chi connectivity index (χ1) is 6.68. The lowest BCUT2D eigenvalue weighted by Gasteiger charge is -2.21. The molecule has 0 radical (unpaired) electrons. The van der Waals surface area contributed by atoms with Crippen molar-refractivity contribution in [1.29, 1.82) is 0 Å². The molecule has 0 aliphatic heterocycles. The standard InChI is InChI=1S/C10H15ClN2S/c1-13-6-10(4-5-10)9(12)7-2-3-8(11)14-7/h2-3,9,13H,4-6,12H2,1H3. The molecule has 0 amide bonds. The fourth-order valence-corrected chi connectivity index (χ4v) is 3.11. The zero-order chi connectivity index (χ0) is 10.2. The Bertz CT molecular complexity index is 320. The molecule has 4 heteroatoms. The van der Waals surface area contributed by atoms with Crippen LogP contribution in [0.5, 0.6) is 0 Å². The van der Waals surface area contributed by atoms with Crippen LogP contribution in [0.15, 0.2) is 12.1 Å².